The average molecular weight is 401 g/mol. The summed E-state index contributed by atoms with van der Waals surface area (Å²) in [5, 5.41) is 3.05. The Morgan fingerprint density at radius 2 is 1.83 bits per heavy atom. The van der Waals surface area contributed by atoms with E-state index in [4.69, 9.17) is 0 Å². The number of nitrogens with one attached hydrogen (secondary N) is 1. The van der Waals surface area contributed by atoms with E-state index in [2.05, 4.69) is 15.3 Å². The average Bonchev–Trinajstić information content (AvgIpc) is 2.64. The lowest BCUT2D eigenvalue weighted by molar-refractivity contribution is -0.136. The first-order chi connectivity index (χ1) is 13.5. The standard InChI is InChI=1S/C22H22F3N3O/c1-13-9-18(20(29)27-12-15-7-5-6-8-26-15)28-19-16(13)10-14(21(2,3)4)11-17(19)22(23,24)25/h5-11H,12H2,1-4H3,(H,27,29). The van der Waals surface area contributed by atoms with Crippen molar-refractivity contribution in [1.82, 2.24) is 15.3 Å². The zero-order chi connectivity index (χ0) is 21.4. The highest BCUT2D eigenvalue weighted by Gasteiger charge is 2.35. The molecule has 0 saturated carbocycles. The van der Waals surface area contributed by atoms with Gasteiger partial charge in [-0.15, -0.1) is 0 Å². The minimum atomic E-state index is -4.58. The number of benzene rings is 1. The van der Waals surface area contributed by atoms with E-state index in [-0.39, 0.29) is 17.8 Å². The Labute approximate surface area is 167 Å². The Morgan fingerprint density at radius 3 is 2.41 bits per heavy atom. The van der Waals surface area contributed by atoms with Crippen LogP contribution in [0.25, 0.3) is 10.9 Å². The number of amides is 1. The molecule has 29 heavy (non-hydrogen) atoms. The molecule has 2 aromatic heterocycles. The number of alkyl halides is 3. The number of halogens is 3. The zero-order valence-electron chi connectivity index (χ0n) is 16.7. The number of hydrogen-bond acceptors (Lipinski definition) is 3. The molecule has 1 aromatic carbocycles. The van der Waals surface area contributed by atoms with Crippen molar-refractivity contribution in [3.8, 4) is 0 Å². The molecule has 0 aliphatic heterocycles. The van der Waals surface area contributed by atoms with Gasteiger partial charge in [0.05, 0.1) is 23.3 Å². The second kappa shape index (κ2) is 7.46. The predicted molar refractivity (Wildman–Crippen MR) is 106 cm³/mol. The van der Waals surface area contributed by atoms with Gasteiger partial charge >= 0.3 is 6.18 Å². The largest absolute Gasteiger partial charge is 0.418 e. The molecule has 3 aromatic rings. The summed E-state index contributed by atoms with van der Waals surface area (Å²) in [5.74, 6) is -0.548. The van der Waals surface area contributed by atoms with Crippen LogP contribution in [0, 0.1) is 6.92 Å². The molecule has 1 amide bonds. The first-order valence-electron chi connectivity index (χ1n) is 9.18. The zero-order valence-corrected chi connectivity index (χ0v) is 16.7. The Morgan fingerprint density at radius 1 is 1.10 bits per heavy atom. The van der Waals surface area contributed by atoms with E-state index in [1.807, 2.05) is 20.8 Å². The van der Waals surface area contributed by atoms with Gasteiger partial charge in [0.25, 0.3) is 5.91 Å². The highest BCUT2D eigenvalue weighted by atomic mass is 19.4. The fourth-order valence-electron chi connectivity index (χ4n) is 3.02. The SMILES string of the molecule is Cc1cc(C(=O)NCc2ccccn2)nc2c(C(F)(F)F)cc(C(C)(C)C)cc12. The molecule has 4 nitrogen and oxygen atoms in total. The van der Waals surface area contributed by atoms with Crippen LogP contribution in [0.5, 0.6) is 0 Å². The molecule has 0 spiro atoms. The van der Waals surface area contributed by atoms with Crippen LogP contribution >= 0.6 is 0 Å². The Kier molecular flexibility index (Phi) is 5.34. The quantitative estimate of drug-likeness (QED) is 0.658. The minimum Gasteiger partial charge on any atom is -0.345 e. The second-order valence-electron chi connectivity index (χ2n) is 8.00. The molecule has 0 atom stereocenters. The third-order valence-corrected chi connectivity index (χ3v) is 4.68. The summed E-state index contributed by atoms with van der Waals surface area (Å²) >= 11 is 0. The first kappa shape index (κ1) is 20.8. The number of carbonyl (C=O) groups is 1. The summed E-state index contributed by atoms with van der Waals surface area (Å²) in [6.45, 7) is 7.42. The molecule has 0 saturated heterocycles. The fraction of sp³-hybridized carbons (Fsp3) is 0.318. The maximum Gasteiger partial charge on any atom is 0.418 e. The maximum atomic E-state index is 13.8. The highest BCUT2D eigenvalue weighted by Crippen LogP contribution is 2.38. The topological polar surface area (TPSA) is 54.9 Å². The van der Waals surface area contributed by atoms with E-state index in [0.717, 1.165) is 6.07 Å². The van der Waals surface area contributed by atoms with Crippen molar-refractivity contribution in [2.45, 2.75) is 45.8 Å². The number of aryl methyl sites for hydroxylation is 1. The van der Waals surface area contributed by atoms with E-state index in [0.29, 0.717) is 22.2 Å². The highest BCUT2D eigenvalue weighted by molar-refractivity contribution is 5.96. The van der Waals surface area contributed by atoms with Crippen LogP contribution in [0.2, 0.25) is 0 Å². The van der Waals surface area contributed by atoms with Crippen LogP contribution in [0.4, 0.5) is 13.2 Å². The maximum absolute atomic E-state index is 13.8. The summed E-state index contributed by atoms with van der Waals surface area (Å²) in [7, 11) is 0. The molecule has 2 heterocycles. The molecule has 1 N–H and O–H groups in total. The van der Waals surface area contributed by atoms with Crippen molar-refractivity contribution in [3.63, 3.8) is 0 Å². The lowest BCUT2D eigenvalue weighted by atomic mass is 9.84. The van der Waals surface area contributed by atoms with Gasteiger partial charge < -0.3 is 5.32 Å². The van der Waals surface area contributed by atoms with Gasteiger partial charge in [-0.05, 0) is 53.8 Å². The van der Waals surface area contributed by atoms with Crippen molar-refractivity contribution in [2.75, 3.05) is 0 Å². The molecule has 152 valence electrons. The summed E-state index contributed by atoms with van der Waals surface area (Å²) in [6.07, 6.45) is -2.98. The Bertz CT molecular complexity index is 1050. The van der Waals surface area contributed by atoms with E-state index in [9.17, 15) is 18.0 Å². The molecule has 0 aliphatic carbocycles. The van der Waals surface area contributed by atoms with E-state index in [1.54, 1.807) is 37.4 Å². The number of nitrogens with zero attached hydrogens (tertiary/aromatic N) is 2. The van der Waals surface area contributed by atoms with Crippen LogP contribution in [-0.4, -0.2) is 15.9 Å². The van der Waals surface area contributed by atoms with Crippen molar-refractivity contribution in [2.24, 2.45) is 0 Å². The number of rotatable bonds is 3. The van der Waals surface area contributed by atoms with Gasteiger partial charge in [0.2, 0.25) is 0 Å². The van der Waals surface area contributed by atoms with Crippen LogP contribution in [0.15, 0.2) is 42.6 Å². The number of hydrogen-bond donors (Lipinski definition) is 1. The van der Waals surface area contributed by atoms with Crippen LogP contribution in [0.3, 0.4) is 0 Å². The third kappa shape index (κ3) is 4.55. The smallest absolute Gasteiger partial charge is 0.345 e. The van der Waals surface area contributed by atoms with E-state index in [1.165, 1.54) is 6.07 Å². The lowest BCUT2D eigenvalue weighted by Gasteiger charge is -2.22. The van der Waals surface area contributed by atoms with Crippen molar-refractivity contribution in [3.05, 3.63) is 70.7 Å². The monoisotopic (exact) mass is 401 g/mol. The lowest BCUT2D eigenvalue weighted by Crippen LogP contribution is -2.24. The predicted octanol–water partition coefficient (Wildman–Crippen LogP) is 5.18. The van der Waals surface area contributed by atoms with Crippen LogP contribution in [-0.2, 0) is 18.1 Å². The van der Waals surface area contributed by atoms with Gasteiger partial charge in [-0.25, -0.2) is 4.98 Å². The number of pyridine rings is 2. The fourth-order valence-corrected chi connectivity index (χ4v) is 3.02. The molecule has 7 heteroatoms. The van der Waals surface area contributed by atoms with Crippen molar-refractivity contribution in [1.29, 1.82) is 0 Å². The number of aromatic nitrogens is 2. The molecule has 0 aliphatic rings. The summed E-state index contributed by atoms with van der Waals surface area (Å²) in [5.41, 5.74) is 0.212. The van der Waals surface area contributed by atoms with Gasteiger partial charge in [-0.3, -0.25) is 9.78 Å². The second-order valence-corrected chi connectivity index (χ2v) is 8.00. The van der Waals surface area contributed by atoms with Gasteiger partial charge in [0.1, 0.15) is 5.69 Å². The molecular formula is C22H22F3N3O. The van der Waals surface area contributed by atoms with Gasteiger partial charge in [0, 0.05) is 11.6 Å². The van der Waals surface area contributed by atoms with Gasteiger partial charge in [-0.1, -0.05) is 26.8 Å². The normalized spacial score (nSPS) is 12.2. The van der Waals surface area contributed by atoms with Crippen LogP contribution < -0.4 is 5.32 Å². The van der Waals surface area contributed by atoms with Gasteiger partial charge in [-0.2, -0.15) is 13.2 Å². The van der Waals surface area contributed by atoms with Crippen molar-refractivity contribution >= 4 is 16.8 Å². The van der Waals surface area contributed by atoms with Crippen LogP contribution in [0.1, 0.15) is 53.6 Å². The number of fused-ring (bicyclic) bond motifs is 1. The van der Waals surface area contributed by atoms with Crippen molar-refractivity contribution < 1.29 is 18.0 Å². The van der Waals surface area contributed by atoms with E-state index < -0.39 is 23.1 Å². The summed E-state index contributed by atoms with van der Waals surface area (Å²) in [4.78, 5) is 20.7. The molecule has 0 fully saturated rings. The first-order valence-corrected chi connectivity index (χ1v) is 9.18. The molecule has 0 unspecified atom stereocenters. The molecule has 0 bridgehead atoms. The Hall–Kier alpha value is -2.96. The molecule has 0 radical (unpaired) electrons. The Balaban J connectivity index is 2.06. The molecular weight excluding hydrogens is 379 g/mol. The van der Waals surface area contributed by atoms with Gasteiger partial charge in [0.15, 0.2) is 0 Å². The summed E-state index contributed by atoms with van der Waals surface area (Å²) < 4.78 is 41.3. The molecule has 3 rings (SSSR count). The number of carbonyl (C=O) groups excluding carboxylic acids is 1. The third-order valence-electron chi connectivity index (χ3n) is 4.68. The van der Waals surface area contributed by atoms with E-state index >= 15 is 0 Å². The summed E-state index contributed by atoms with van der Waals surface area (Å²) in [6, 6.07) is 9.66. The minimum absolute atomic E-state index is 0.0556.